The molecule has 0 aliphatic carbocycles. The van der Waals surface area contributed by atoms with Gasteiger partial charge in [0.2, 0.25) is 0 Å². The molecule has 206 valence electrons. The molecule has 2 heterocycles. The third-order valence-corrected chi connectivity index (χ3v) is 7.41. The summed E-state index contributed by atoms with van der Waals surface area (Å²) >= 11 is 0. The molecule has 44 heavy (non-hydrogen) atoms. The number of rotatable bonds is 4. The summed E-state index contributed by atoms with van der Waals surface area (Å²) in [6.45, 7) is 0. The number of hydrogen-bond donors (Lipinski definition) is 0. The molecule has 0 N–H and O–H groups in total. The van der Waals surface area contributed by atoms with Crippen LogP contribution in [0.15, 0.2) is 169 Å². The lowest BCUT2D eigenvalue weighted by Gasteiger charge is -2.11. The smallest absolute Gasteiger partial charge is 0.0651 e. The van der Waals surface area contributed by atoms with Crippen molar-refractivity contribution in [3.8, 4) is 33.6 Å². The van der Waals surface area contributed by atoms with E-state index in [0.29, 0.717) is 11.1 Å². The van der Waals surface area contributed by atoms with Gasteiger partial charge in [0, 0.05) is 32.9 Å². The Morgan fingerprint density at radius 1 is 0.364 bits per heavy atom. The molecule has 0 radical (unpaired) electrons. The minimum Gasteiger partial charge on any atom is -0.309 e. The quantitative estimate of drug-likeness (QED) is 0.196. The van der Waals surface area contributed by atoms with E-state index >= 15 is 0 Å². The fourth-order valence-corrected chi connectivity index (χ4v) is 5.57. The third-order valence-electron chi connectivity index (χ3n) is 7.41. The van der Waals surface area contributed by atoms with E-state index in [9.17, 15) is 9.60 Å². The van der Waals surface area contributed by atoms with Gasteiger partial charge in [0.25, 0.3) is 0 Å². The zero-order chi connectivity index (χ0) is 47.3. The number of benzene rings is 7. The first-order chi connectivity index (χ1) is 30.5. The van der Waals surface area contributed by atoms with Crippen molar-refractivity contribution in [3.63, 3.8) is 0 Å². The lowest BCUT2D eigenvalue weighted by molar-refractivity contribution is 1.17. The fourth-order valence-electron chi connectivity index (χ4n) is 5.57. The summed E-state index contributed by atoms with van der Waals surface area (Å²) in [5, 5.41) is -0.950. The molecule has 0 saturated heterocycles. The van der Waals surface area contributed by atoms with Gasteiger partial charge in [-0.05, 0) is 70.7 Å². The Morgan fingerprint density at radius 3 is 1.66 bits per heavy atom. The molecule has 0 unspecified atom stereocenters. The molecular formula is C42H28N2. The van der Waals surface area contributed by atoms with Crippen LogP contribution < -0.4 is 0 Å². The molecule has 0 atom stereocenters. The van der Waals surface area contributed by atoms with Gasteiger partial charge >= 0.3 is 0 Å². The average Bonchev–Trinajstić information content (AvgIpc) is 3.81. The van der Waals surface area contributed by atoms with Gasteiger partial charge in [-0.15, -0.1) is 0 Å². The highest BCUT2D eigenvalue weighted by atomic mass is 15.0. The molecule has 9 aromatic rings. The van der Waals surface area contributed by atoms with Crippen molar-refractivity contribution in [2.45, 2.75) is 0 Å². The van der Waals surface area contributed by atoms with Gasteiger partial charge in [-0.2, -0.15) is 0 Å². The van der Waals surface area contributed by atoms with Crippen molar-refractivity contribution in [1.82, 2.24) is 9.13 Å². The highest BCUT2D eigenvalue weighted by Crippen LogP contribution is 2.42. The van der Waals surface area contributed by atoms with E-state index < -0.39 is 131 Å². The number of fused-ring (bicyclic) bond motifs is 7. The second-order valence-electron chi connectivity index (χ2n) is 9.80. The summed E-state index contributed by atoms with van der Waals surface area (Å²) in [6, 6.07) is -3.52. The normalized spacial score (nSPS) is 18.3. The van der Waals surface area contributed by atoms with Crippen LogP contribution in [-0.2, 0) is 0 Å². The van der Waals surface area contributed by atoms with Crippen molar-refractivity contribution in [2.75, 3.05) is 0 Å². The Hall–Kier alpha value is -5.86. The van der Waals surface area contributed by atoms with Gasteiger partial charge in [0.1, 0.15) is 0 Å². The fraction of sp³-hybridized carbons (Fsp3) is 0. The largest absolute Gasteiger partial charge is 0.309 e. The molecule has 0 saturated carbocycles. The minimum atomic E-state index is -0.799. The maximum Gasteiger partial charge on any atom is 0.0651 e. The summed E-state index contributed by atoms with van der Waals surface area (Å²) in [6.07, 6.45) is 0. The third kappa shape index (κ3) is 3.75. The number of nitrogens with zero attached hydrogens (tertiary/aromatic N) is 2. The first kappa shape index (κ1) is 11.7. The van der Waals surface area contributed by atoms with E-state index in [2.05, 4.69) is 0 Å². The van der Waals surface area contributed by atoms with E-state index in [1.807, 2.05) is 0 Å². The lowest BCUT2D eigenvalue weighted by atomic mass is 10.0. The summed E-state index contributed by atoms with van der Waals surface area (Å²) in [5.74, 6) is 0. The Balaban J connectivity index is 1.53. The first-order valence-corrected chi connectivity index (χ1v) is 13.4. The van der Waals surface area contributed by atoms with E-state index in [1.54, 1.807) is 0 Å². The van der Waals surface area contributed by atoms with Gasteiger partial charge in [0.05, 0.1) is 50.9 Å². The monoisotopic (exact) mass is 581 g/mol. The van der Waals surface area contributed by atoms with Crippen LogP contribution in [0.5, 0.6) is 0 Å². The second-order valence-corrected chi connectivity index (χ2v) is 9.80. The van der Waals surface area contributed by atoms with Crippen molar-refractivity contribution >= 4 is 43.6 Å². The second kappa shape index (κ2) is 9.86. The number of hydrogen-bond acceptors (Lipinski definition) is 0. The van der Waals surface area contributed by atoms with Crippen LogP contribution in [-0.4, -0.2) is 9.13 Å². The lowest BCUT2D eigenvalue weighted by Crippen LogP contribution is -1.95. The summed E-state index contributed by atoms with van der Waals surface area (Å²) in [7, 11) is 0. The molecule has 9 rings (SSSR count). The topological polar surface area (TPSA) is 9.86 Å². The Bertz CT molecular complexity index is 3630. The predicted molar refractivity (Wildman–Crippen MR) is 186 cm³/mol. The van der Waals surface area contributed by atoms with Crippen LogP contribution in [0.25, 0.3) is 77.2 Å². The van der Waals surface area contributed by atoms with Crippen molar-refractivity contribution in [1.29, 1.82) is 0 Å². The molecule has 0 fully saturated rings. The molecule has 0 aliphatic rings. The van der Waals surface area contributed by atoms with Crippen LogP contribution in [0.3, 0.4) is 0 Å². The maximum absolute atomic E-state index is 9.67. The molecule has 0 amide bonds. The Kier molecular flexibility index (Phi) is 2.62. The van der Waals surface area contributed by atoms with Gasteiger partial charge in [-0.1, -0.05) is 121 Å². The molecule has 0 bridgehead atoms. The van der Waals surface area contributed by atoms with Crippen LogP contribution >= 0.6 is 0 Å². The van der Waals surface area contributed by atoms with Gasteiger partial charge < -0.3 is 9.13 Å². The summed E-state index contributed by atoms with van der Waals surface area (Å²) < 4.78 is 188. The van der Waals surface area contributed by atoms with Gasteiger partial charge in [-0.25, -0.2) is 0 Å². The van der Waals surface area contributed by atoms with Crippen molar-refractivity contribution < 1.29 is 28.8 Å². The average molecular weight is 582 g/mol. The zero-order valence-electron chi connectivity index (χ0n) is 43.4. The Labute approximate surface area is 285 Å². The number of para-hydroxylation sites is 2. The van der Waals surface area contributed by atoms with Crippen LogP contribution in [0.1, 0.15) is 28.8 Å². The molecule has 0 aliphatic heterocycles. The summed E-state index contributed by atoms with van der Waals surface area (Å²) in [4.78, 5) is 0. The molecular weight excluding hydrogens is 532 g/mol. The van der Waals surface area contributed by atoms with Crippen LogP contribution in [0.4, 0.5) is 0 Å². The molecule has 2 aromatic heterocycles. The molecule has 7 aromatic carbocycles. The molecule has 2 nitrogen and oxygen atoms in total. The van der Waals surface area contributed by atoms with E-state index in [0.717, 1.165) is 10.6 Å². The standard InChI is InChI=1S/C42H28N2/c1-3-12-29(13-4-1)31-22-24-33(25-23-31)43-37-20-9-7-18-35(37)41-39(43)26-27-40-42(41)36-19-8-10-21-38(36)44(40)34-17-11-16-32(28-34)30-14-5-2-6-15-30/h1-28H/i2D,3D,4D,5D,6D,7D,8D,9D,10D,11D,14D,15D,16D,18D,19D,20D,21D,22D,26D,27D,28D. The highest BCUT2D eigenvalue weighted by molar-refractivity contribution is 6.28. The van der Waals surface area contributed by atoms with Gasteiger partial charge in [-0.3, -0.25) is 0 Å². The summed E-state index contributed by atoms with van der Waals surface area (Å²) in [5.41, 5.74) is -2.14. The minimum absolute atomic E-state index is 0.0229. The zero-order valence-corrected chi connectivity index (χ0v) is 22.4. The van der Waals surface area contributed by atoms with Crippen molar-refractivity contribution in [3.05, 3.63) is 169 Å². The van der Waals surface area contributed by atoms with E-state index in [-0.39, 0.29) is 61.9 Å². The van der Waals surface area contributed by atoms with Crippen molar-refractivity contribution in [2.24, 2.45) is 0 Å². The van der Waals surface area contributed by atoms with Crippen LogP contribution in [0.2, 0.25) is 0 Å². The highest BCUT2D eigenvalue weighted by Gasteiger charge is 2.20. The predicted octanol–water partition coefficient (Wildman–Crippen LogP) is 11.2. The number of aromatic nitrogens is 2. The molecule has 2 heteroatoms. The Morgan fingerprint density at radius 2 is 0.977 bits per heavy atom. The van der Waals surface area contributed by atoms with E-state index in [4.69, 9.17) is 19.2 Å². The maximum atomic E-state index is 9.67. The van der Waals surface area contributed by atoms with Gasteiger partial charge in [0.15, 0.2) is 0 Å². The SMILES string of the molecule is [2H]c1cc([2H])cc(-c2ccc(-n3c4c([2H])c([2H])c([2H])c([2H])c4c4c5c6c([2H])c([2H])c([2H])c([2H])c6n(-c6cc([2H])c([2H])c(-c7c([2H])c([2H])c([2H])c([2H])c7[2H])c6[2H])c5c([2H])c([2H])c43)cc2[2H])c1. The van der Waals surface area contributed by atoms with E-state index in [1.165, 1.54) is 41.0 Å². The first-order valence-electron chi connectivity index (χ1n) is 23.9. The molecule has 0 spiro atoms. The van der Waals surface area contributed by atoms with Crippen LogP contribution in [0, 0.1) is 0 Å².